The summed E-state index contributed by atoms with van der Waals surface area (Å²) in [5.41, 5.74) is 0.805. The molecular weight excluding hydrogens is 302 g/mol. The fourth-order valence-corrected chi connectivity index (χ4v) is 2.51. The maximum atomic E-state index is 12.1. The van der Waals surface area contributed by atoms with E-state index >= 15 is 0 Å². The molecule has 6 heteroatoms. The molecule has 1 fully saturated rings. The summed E-state index contributed by atoms with van der Waals surface area (Å²) in [5.74, 6) is 0.559. The van der Waals surface area contributed by atoms with Gasteiger partial charge in [-0.3, -0.25) is 4.79 Å². The van der Waals surface area contributed by atoms with Gasteiger partial charge in [-0.2, -0.15) is 0 Å². The zero-order chi connectivity index (χ0) is 16.1. The van der Waals surface area contributed by atoms with Gasteiger partial charge in [0.1, 0.15) is 0 Å². The number of hydrogen-bond donors (Lipinski definition) is 2. The van der Waals surface area contributed by atoms with E-state index in [0.717, 1.165) is 12.1 Å². The molecule has 0 saturated carbocycles. The van der Waals surface area contributed by atoms with E-state index in [0.29, 0.717) is 30.5 Å². The van der Waals surface area contributed by atoms with E-state index in [1.807, 2.05) is 12.1 Å². The first-order valence-electron chi connectivity index (χ1n) is 7.56. The molecule has 5 nitrogen and oxygen atoms in total. The molecule has 0 unspecified atom stereocenters. The molecule has 2 N–H and O–H groups in total. The number of urea groups is 1. The maximum absolute atomic E-state index is 12.1. The molecule has 0 aromatic heterocycles. The van der Waals surface area contributed by atoms with Gasteiger partial charge >= 0.3 is 6.03 Å². The molecule has 1 aliphatic heterocycles. The third-order valence-corrected chi connectivity index (χ3v) is 3.86. The van der Waals surface area contributed by atoms with Crippen LogP contribution < -0.4 is 15.5 Å². The van der Waals surface area contributed by atoms with Gasteiger partial charge in [0.05, 0.1) is 6.04 Å². The van der Waals surface area contributed by atoms with E-state index in [-0.39, 0.29) is 18.0 Å². The summed E-state index contributed by atoms with van der Waals surface area (Å²) in [6, 6.07) is 6.75. The lowest BCUT2D eigenvalue weighted by atomic mass is 10.1. The highest BCUT2D eigenvalue weighted by molar-refractivity contribution is 6.30. The standard InChI is InChI=1S/C16H22ClN3O2/c1-11(2)7-8-18-16(22)19-13-9-15(21)20(10-13)14-5-3-12(17)4-6-14/h3-6,11,13H,7-10H2,1-2H3,(H2,18,19,22)/t13-/m0/s1. The second-order valence-corrected chi connectivity index (χ2v) is 6.40. The number of halogens is 1. The second-order valence-electron chi connectivity index (χ2n) is 5.96. The van der Waals surface area contributed by atoms with Crippen molar-refractivity contribution >= 4 is 29.2 Å². The number of carbonyl (C=O) groups excluding carboxylic acids is 2. The summed E-state index contributed by atoms with van der Waals surface area (Å²) in [6.45, 7) is 5.35. The highest BCUT2D eigenvalue weighted by Gasteiger charge is 2.31. The minimum atomic E-state index is -0.212. The van der Waals surface area contributed by atoms with Crippen molar-refractivity contribution in [1.82, 2.24) is 10.6 Å². The number of nitrogens with one attached hydrogen (secondary N) is 2. The zero-order valence-electron chi connectivity index (χ0n) is 12.9. The van der Waals surface area contributed by atoms with E-state index in [1.54, 1.807) is 17.0 Å². The third-order valence-electron chi connectivity index (χ3n) is 3.61. The molecule has 22 heavy (non-hydrogen) atoms. The highest BCUT2D eigenvalue weighted by Crippen LogP contribution is 2.23. The van der Waals surface area contributed by atoms with Gasteiger partial charge in [-0.15, -0.1) is 0 Å². The van der Waals surface area contributed by atoms with E-state index in [9.17, 15) is 9.59 Å². The Bertz CT molecular complexity index is 531. The smallest absolute Gasteiger partial charge is 0.315 e. The lowest BCUT2D eigenvalue weighted by Gasteiger charge is -2.17. The topological polar surface area (TPSA) is 61.4 Å². The largest absolute Gasteiger partial charge is 0.338 e. The minimum absolute atomic E-state index is 0.00908. The number of nitrogens with zero attached hydrogens (tertiary/aromatic N) is 1. The first-order valence-corrected chi connectivity index (χ1v) is 7.94. The Morgan fingerprint density at radius 2 is 2.05 bits per heavy atom. The van der Waals surface area contributed by atoms with E-state index < -0.39 is 0 Å². The SMILES string of the molecule is CC(C)CCNC(=O)N[C@H]1CC(=O)N(c2ccc(Cl)cc2)C1. The van der Waals surface area contributed by atoms with Crippen molar-refractivity contribution in [2.24, 2.45) is 5.92 Å². The molecule has 1 aromatic rings. The van der Waals surface area contributed by atoms with E-state index in [2.05, 4.69) is 24.5 Å². The Morgan fingerprint density at radius 3 is 2.68 bits per heavy atom. The maximum Gasteiger partial charge on any atom is 0.315 e. The fourth-order valence-electron chi connectivity index (χ4n) is 2.39. The third kappa shape index (κ3) is 4.63. The van der Waals surface area contributed by atoms with Gasteiger partial charge in [0.25, 0.3) is 0 Å². The van der Waals surface area contributed by atoms with Crippen molar-refractivity contribution < 1.29 is 9.59 Å². The van der Waals surface area contributed by atoms with Gasteiger partial charge < -0.3 is 15.5 Å². The number of rotatable bonds is 5. The zero-order valence-corrected chi connectivity index (χ0v) is 13.7. The first kappa shape index (κ1) is 16.6. The summed E-state index contributed by atoms with van der Waals surface area (Å²) in [4.78, 5) is 25.6. The Hall–Kier alpha value is -1.75. The van der Waals surface area contributed by atoms with Crippen molar-refractivity contribution in [2.45, 2.75) is 32.7 Å². The van der Waals surface area contributed by atoms with Crippen molar-refractivity contribution in [3.8, 4) is 0 Å². The van der Waals surface area contributed by atoms with Crippen molar-refractivity contribution in [2.75, 3.05) is 18.0 Å². The minimum Gasteiger partial charge on any atom is -0.338 e. The van der Waals surface area contributed by atoms with Gasteiger partial charge in [0.15, 0.2) is 0 Å². The van der Waals surface area contributed by atoms with Crippen molar-refractivity contribution in [3.63, 3.8) is 0 Å². The van der Waals surface area contributed by atoms with Crippen LogP contribution in [0.1, 0.15) is 26.7 Å². The molecule has 0 spiro atoms. The quantitative estimate of drug-likeness (QED) is 0.875. The Morgan fingerprint density at radius 1 is 1.36 bits per heavy atom. The predicted molar refractivity (Wildman–Crippen MR) is 88.2 cm³/mol. The summed E-state index contributed by atoms with van der Waals surface area (Å²) in [7, 11) is 0. The van der Waals surface area contributed by atoms with Crippen LogP contribution in [0.25, 0.3) is 0 Å². The number of hydrogen-bond acceptors (Lipinski definition) is 2. The molecule has 0 aliphatic carbocycles. The van der Waals surface area contributed by atoms with Crippen LogP contribution in [0.4, 0.5) is 10.5 Å². The normalized spacial score (nSPS) is 17.9. The van der Waals surface area contributed by atoms with Crippen LogP contribution in [0, 0.1) is 5.92 Å². The van der Waals surface area contributed by atoms with Crippen LogP contribution in [0.3, 0.4) is 0 Å². The number of benzene rings is 1. The van der Waals surface area contributed by atoms with Gasteiger partial charge in [-0.05, 0) is 36.6 Å². The van der Waals surface area contributed by atoms with Gasteiger partial charge in [-0.1, -0.05) is 25.4 Å². The lowest BCUT2D eigenvalue weighted by Crippen LogP contribution is -2.43. The summed E-state index contributed by atoms with van der Waals surface area (Å²) >= 11 is 5.85. The summed E-state index contributed by atoms with van der Waals surface area (Å²) < 4.78 is 0. The molecule has 1 atom stereocenters. The Kier molecular flexibility index (Phi) is 5.66. The number of anilines is 1. The van der Waals surface area contributed by atoms with Crippen LogP contribution in [0.2, 0.25) is 5.02 Å². The Labute approximate surface area is 136 Å². The predicted octanol–water partition coefficient (Wildman–Crippen LogP) is 2.79. The molecule has 0 bridgehead atoms. The average Bonchev–Trinajstić information content (AvgIpc) is 2.80. The van der Waals surface area contributed by atoms with Crippen LogP contribution in [0.15, 0.2) is 24.3 Å². The van der Waals surface area contributed by atoms with Crippen LogP contribution >= 0.6 is 11.6 Å². The summed E-state index contributed by atoms with van der Waals surface area (Å²) in [5, 5.41) is 6.31. The molecule has 120 valence electrons. The van der Waals surface area contributed by atoms with Gasteiger partial charge in [0, 0.05) is 30.2 Å². The lowest BCUT2D eigenvalue weighted by molar-refractivity contribution is -0.117. The van der Waals surface area contributed by atoms with E-state index in [4.69, 9.17) is 11.6 Å². The van der Waals surface area contributed by atoms with Crippen LogP contribution in [-0.4, -0.2) is 31.1 Å². The van der Waals surface area contributed by atoms with Gasteiger partial charge in [0.2, 0.25) is 5.91 Å². The van der Waals surface area contributed by atoms with Crippen LogP contribution in [0.5, 0.6) is 0 Å². The molecule has 0 radical (unpaired) electrons. The van der Waals surface area contributed by atoms with Crippen molar-refractivity contribution in [1.29, 1.82) is 0 Å². The Balaban J connectivity index is 1.84. The molecule has 1 aromatic carbocycles. The molecule has 3 amide bonds. The molecule has 1 heterocycles. The number of amides is 3. The molecule has 1 aliphatic rings. The first-order chi connectivity index (χ1) is 10.5. The second kappa shape index (κ2) is 7.49. The monoisotopic (exact) mass is 323 g/mol. The average molecular weight is 324 g/mol. The molecule has 2 rings (SSSR count). The summed E-state index contributed by atoms with van der Waals surface area (Å²) in [6.07, 6.45) is 1.26. The fraction of sp³-hybridized carbons (Fsp3) is 0.500. The van der Waals surface area contributed by atoms with Crippen molar-refractivity contribution in [3.05, 3.63) is 29.3 Å². The van der Waals surface area contributed by atoms with E-state index in [1.165, 1.54) is 0 Å². The van der Waals surface area contributed by atoms with Gasteiger partial charge in [-0.25, -0.2) is 4.79 Å². The molecular formula is C16H22ClN3O2. The highest BCUT2D eigenvalue weighted by atomic mass is 35.5. The molecule has 1 saturated heterocycles. The number of carbonyl (C=O) groups is 2. The van der Waals surface area contributed by atoms with Crippen LogP contribution in [-0.2, 0) is 4.79 Å².